The molecule has 1 aliphatic rings. The van der Waals surface area contributed by atoms with E-state index in [9.17, 15) is 4.39 Å². The highest BCUT2D eigenvalue weighted by Gasteiger charge is 2.26. The maximum atomic E-state index is 13.2. The van der Waals surface area contributed by atoms with Crippen LogP contribution in [0, 0.1) is 5.82 Å². The predicted molar refractivity (Wildman–Crippen MR) is 61.9 cm³/mol. The summed E-state index contributed by atoms with van der Waals surface area (Å²) in [5.74, 6) is 0.426. The first kappa shape index (κ1) is 10.7. The van der Waals surface area contributed by atoms with Crippen molar-refractivity contribution in [3.05, 3.63) is 22.4 Å². The number of fused-ring (bicyclic) bond motifs is 1. The van der Waals surface area contributed by atoms with Gasteiger partial charge in [-0.25, -0.2) is 4.39 Å². The van der Waals surface area contributed by atoms with Crippen LogP contribution in [-0.4, -0.2) is 12.1 Å². The summed E-state index contributed by atoms with van der Waals surface area (Å²) in [6.45, 7) is 4.84. The molecule has 0 aromatic heterocycles. The van der Waals surface area contributed by atoms with E-state index in [0.29, 0.717) is 15.9 Å². The summed E-state index contributed by atoms with van der Waals surface area (Å²) in [5, 5.41) is 3.17. The molecule has 15 heavy (non-hydrogen) atoms. The van der Waals surface area contributed by atoms with Gasteiger partial charge in [-0.1, -0.05) is 0 Å². The lowest BCUT2D eigenvalue weighted by molar-refractivity contribution is 0.107. The number of hydrogen-bond donors (Lipinski definition) is 1. The molecule has 4 heteroatoms. The van der Waals surface area contributed by atoms with Crippen LogP contribution in [0.15, 0.2) is 16.6 Å². The van der Waals surface area contributed by atoms with Crippen molar-refractivity contribution in [2.45, 2.75) is 25.9 Å². The summed E-state index contributed by atoms with van der Waals surface area (Å²) in [4.78, 5) is 0. The molecule has 1 aliphatic heterocycles. The van der Waals surface area contributed by atoms with E-state index in [1.54, 1.807) is 0 Å². The van der Waals surface area contributed by atoms with E-state index in [4.69, 9.17) is 4.74 Å². The Hall–Kier alpha value is -0.770. The third-order valence-electron chi connectivity index (χ3n) is 2.43. The predicted octanol–water partition coefficient (Wildman–Crippen LogP) is 3.56. The molecule has 0 saturated heterocycles. The fraction of sp³-hybridized carbons (Fsp3) is 0.455. The Kier molecular flexibility index (Phi) is 2.63. The molecule has 1 aromatic rings. The molecule has 0 saturated carbocycles. The molecule has 0 fully saturated rings. The smallest absolute Gasteiger partial charge is 0.157 e. The zero-order valence-electron chi connectivity index (χ0n) is 8.73. The standard InChI is InChI=1S/C11H13BrFNO/c1-11(2)3-4-14-9-6-7(13)5-8(12)10(9)15-11/h5-6,14H,3-4H2,1-2H3. The number of nitrogens with one attached hydrogen (secondary N) is 1. The molecule has 0 radical (unpaired) electrons. The van der Waals surface area contributed by atoms with Crippen LogP contribution in [0.5, 0.6) is 5.75 Å². The molecule has 0 aliphatic carbocycles. The topological polar surface area (TPSA) is 21.3 Å². The van der Waals surface area contributed by atoms with E-state index >= 15 is 0 Å². The van der Waals surface area contributed by atoms with Gasteiger partial charge in [0.05, 0.1) is 10.2 Å². The summed E-state index contributed by atoms with van der Waals surface area (Å²) in [5.41, 5.74) is 0.492. The summed E-state index contributed by atoms with van der Waals surface area (Å²) in [6, 6.07) is 2.88. The monoisotopic (exact) mass is 273 g/mol. The second kappa shape index (κ2) is 3.67. The highest BCUT2D eigenvalue weighted by Crippen LogP contribution is 2.39. The zero-order valence-corrected chi connectivity index (χ0v) is 10.3. The minimum atomic E-state index is -0.267. The van der Waals surface area contributed by atoms with Gasteiger partial charge >= 0.3 is 0 Å². The summed E-state index contributed by atoms with van der Waals surface area (Å²) >= 11 is 3.31. The van der Waals surface area contributed by atoms with E-state index in [-0.39, 0.29) is 11.4 Å². The molecule has 0 bridgehead atoms. The van der Waals surface area contributed by atoms with Crippen LogP contribution in [0.25, 0.3) is 0 Å². The van der Waals surface area contributed by atoms with Gasteiger partial charge < -0.3 is 10.1 Å². The number of ether oxygens (including phenoxy) is 1. The van der Waals surface area contributed by atoms with Crippen molar-refractivity contribution in [2.75, 3.05) is 11.9 Å². The molecule has 2 rings (SSSR count). The van der Waals surface area contributed by atoms with E-state index in [2.05, 4.69) is 21.2 Å². The van der Waals surface area contributed by atoms with Crippen LogP contribution in [-0.2, 0) is 0 Å². The van der Waals surface area contributed by atoms with Gasteiger partial charge in [0.15, 0.2) is 5.75 Å². The maximum Gasteiger partial charge on any atom is 0.157 e. The molecule has 1 N–H and O–H groups in total. The Morgan fingerprint density at radius 2 is 2.20 bits per heavy atom. The molecule has 0 spiro atoms. The first-order valence-corrected chi connectivity index (χ1v) is 5.69. The van der Waals surface area contributed by atoms with E-state index in [0.717, 1.165) is 13.0 Å². The molecule has 2 nitrogen and oxygen atoms in total. The van der Waals surface area contributed by atoms with Crippen molar-refractivity contribution in [3.8, 4) is 5.75 Å². The molecular weight excluding hydrogens is 261 g/mol. The van der Waals surface area contributed by atoms with Crippen molar-refractivity contribution < 1.29 is 9.13 Å². The van der Waals surface area contributed by atoms with Crippen LogP contribution in [0.1, 0.15) is 20.3 Å². The van der Waals surface area contributed by atoms with Crippen LogP contribution in [0.2, 0.25) is 0 Å². The third-order valence-corrected chi connectivity index (χ3v) is 3.02. The Bertz CT molecular complexity index is 392. The minimum absolute atomic E-state index is 0.224. The molecule has 0 atom stereocenters. The summed E-state index contributed by atoms with van der Waals surface area (Å²) < 4.78 is 19.7. The van der Waals surface area contributed by atoms with Gasteiger partial charge in [0.1, 0.15) is 11.4 Å². The zero-order chi connectivity index (χ0) is 11.1. The van der Waals surface area contributed by atoms with Gasteiger partial charge in [0.2, 0.25) is 0 Å². The first-order chi connectivity index (χ1) is 6.98. The maximum absolute atomic E-state index is 13.2. The molecule has 1 aromatic carbocycles. The number of halogens is 2. The van der Waals surface area contributed by atoms with Crippen molar-refractivity contribution >= 4 is 21.6 Å². The summed E-state index contributed by atoms with van der Waals surface area (Å²) in [7, 11) is 0. The van der Waals surface area contributed by atoms with Gasteiger partial charge in [0, 0.05) is 19.0 Å². The third kappa shape index (κ3) is 2.25. The van der Waals surface area contributed by atoms with Gasteiger partial charge in [-0.05, 0) is 35.8 Å². The van der Waals surface area contributed by atoms with E-state index < -0.39 is 0 Å². The van der Waals surface area contributed by atoms with Crippen LogP contribution < -0.4 is 10.1 Å². The molecule has 0 unspecified atom stereocenters. The van der Waals surface area contributed by atoms with E-state index in [1.807, 2.05) is 13.8 Å². The largest absolute Gasteiger partial charge is 0.484 e. The molecule has 82 valence electrons. The first-order valence-electron chi connectivity index (χ1n) is 4.90. The number of anilines is 1. The Labute approximate surface area is 96.9 Å². The van der Waals surface area contributed by atoms with Crippen molar-refractivity contribution in [2.24, 2.45) is 0 Å². The molecule has 1 heterocycles. The SMILES string of the molecule is CC1(C)CCNc2cc(F)cc(Br)c2O1. The lowest BCUT2D eigenvalue weighted by atomic mass is 10.1. The van der Waals surface area contributed by atoms with Gasteiger partial charge in [0.25, 0.3) is 0 Å². The molecular formula is C11H13BrFNO. The Morgan fingerprint density at radius 1 is 1.47 bits per heavy atom. The van der Waals surface area contributed by atoms with Crippen LogP contribution in [0.4, 0.5) is 10.1 Å². The Morgan fingerprint density at radius 3 is 2.93 bits per heavy atom. The Balaban J connectivity index is 2.47. The van der Waals surface area contributed by atoms with Crippen LogP contribution >= 0.6 is 15.9 Å². The van der Waals surface area contributed by atoms with Crippen LogP contribution in [0.3, 0.4) is 0 Å². The van der Waals surface area contributed by atoms with Gasteiger partial charge in [-0.15, -0.1) is 0 Å². The van der Waals surface area contributed by atoms with Gasteiger partial charge in [-0.3, -0.25) is 0 Å². The molecule has 0 amide bonds. The second-order valence-corrected chi connectivity index (χ2v) is 5.16. The summed E-state index contributed by atoms with van der Waals surface area (Å²) in [6.07, 6.45) is 0.885. The lowest BCUT2D eigenvalue weighted by Crippen LogP contribution is -2.28. The average molecular weight is 274 g/mol. The average Bonchev–Trinajstić information content (AvgIpc) is 2.23. The quantitative estimate of drug-likeness (QED) is 0.781. The fourth-order valence-corrected chi connectivity index (χ4v) is 2.13. The lowest BCUT2D eigenvalue weighted by Gasteiger charge is -2.24. The fourth-order valence-electron chi connectivity index (χ4n) is 1.62. The minimum Gasteiger partial charge on any atom is -0.484 e. The number of benzene rings is 1. The highest BCUT2D eigenvalue weighted by atomic mass is 79.9. The van der Waals surface area contributed by atoms with Gasteiger partial charge in [-0.2, -0.15) is 0 Å². The van der Waals surface area contributed by atoms with Crippen molar-refractivity contribution in [1.29, 1.82) is 0 Å². The van der Waals surface area contributed by atoms with Crippen molar-refractivity contribution in [3.63, 3.8) is 0 Å². The normalized spacial score (nSPS) is 18.4. The highest BCUT2D eigenvalue weighted by molar-refractivity contribution is 9.10. The number of rotatable bonds is 0. The van der Waals surface area contributed by atoms with E-state index in [1.165, 1.54) is 12.1 Å². The van der Waals surface area contributed by atoms with Crippen molar-refractivity contribution in [1.82, 2.24) is 0 Å². The number of hydrogen-bond acceptors (Lipinski definition) is 2. The second-order valence-electron chi connectivity index (χ2n) is 4.30.